The quantitative estimate of drug-likeness (QED) is 0.834. The standard InChI is InChI=1S/C16H15ClN2O2/c1-11(13-4-3-5-15(10-13)21-2)18-19-16(20)12-6-8-14(17)9-7-12/h3-10,18H,1H2,2H3,(H,19,20). The van der Waals surface area contributed by atoms with Crippen molar-refractivity contribution in [2.24, 2.45) is 0 Å². The zero-order valence-electron chi connectivity index (χ0n) is 11.5. The Bertz CT molecular complexity index is 654. The highest BCUT2D eigenvalue weighted by atomic mass is 35.5. The maximum absolute atomic E-state index is 11.9. The summed E-state index contributed by atoms with van der Waals surface area (Å²) >= 11 is 5.78. The van der Waals surface area contributed by atoms with Crippen molar-refractivity contribution in [3.05, 3.63) is 71.3 Å². The fourth-order valence-electron chi connectivity index (χ4n) is 1.69. The number of carbonyl (C=O) groups is 1. The third-order valence-corrected chi connectivity index (χ3v) is 3.10. The molecule has 0 aliphatic heterocycles. The van der Waals surface area contributed by atoms with Crippen molar-refractivity contribution >= 4 is 23.2 Å². The topological polar surface area (TPSA) is 50.4 Å². The van der Waals surface area contributed by atoms with E-state index >= 15 is 0 Å². The lowest BCUT2D eigenvalue weighted by Gasteiger charge is -2.12. The molecule has 4 nitrogen and oxygen atoms in total. The molecule has 2 aromatic rings. The average molecular weight is 303 g/mol. The number of benzene rings is 2. The second-order valence-electron chi connectivity index (χ2n) is 4.30. The monoisotopic (exact) mass is 302 g/mol. The lowest BCUT2D eigenvalue weighted by molar-refractivity contribution is 0.0942. The molecule has 0 aliphatic rings. The Hall–Kier alpha value is -2.46. The van der Waals surface area contributed by atoms with Gasteiger partial charge in [0, 0.05) is 16.1 Å². The van der Waals surface area contributed by atoms with Gasteiger partial charge in [0.15, 0.2) is 0 Å². The number of rotatable bonds is 5. The normalized spacial score (nSPS) is 9.81. The summed E-state index contributed by atoms with van der Waals surface area (Å²) in [5.74, 6) is 0.454. The molecule has 0 spiro atoms. The van der Waals surface area contributed by atoms with Gasteiger partial charge < -0.3 is 4.74 Å². The molecule has 0 heterocycles. The molecule has 0 aliphatic carbocycles. The molecule has 2 aromatic carbocycles. The molecule has 2 rings (SSSR count). The number of nitrogens with one attached hydrogen (secondary N) is 2. The molecule has 0 bridgehead atoms. The Morgan fingerprint density at radius 1 is 1.10 bits per heavy atom. The lowest BCUT2D eigenvalue weighted by Crippen LogP contribution is -2.35. The van der Waals surface area contributed by atoms with E-state index in [1.807, 2.05) is 24.3 Å². The molecule has 0 atom stereocenters. The minimum atomic E-state index is -0.268. The fourth-order valence-corrected chi connectivity index (χ4v) is 1.81. The van der Waals surface area contributed by atoms with Crippen LogP contribution < -0.4 is 15.6 Å². The first-order chi connectivity index (χ1) is 10.1. The second kappa shape index (κ2) is 6.81. The van der Waals surface area contributed by atoms with Gasteiger partial charge in [-0.2, -0.15) is 0 Å². The highest BCUT2D eigenvalue weighted by Gasteiger charge is 2.06. The van der Waals surface area contributed by atoms with E-state index in [1.54, 1.807) is 31.4 Å². The molecule has 0 aromatic heterocycles. The molecule has 0 fully saturated rings. The summed E-state index contributed by atoms with van der Waals surface area (Å²) in [4.78, 5) is 11.9. The summed E-state index contributed by atoms with van der Waals surface area (Å²) in [5, 5.41) is 0.584. The van der Waals surface area contributed by atoms with Gasteiger partial charge in [0.05, 0.1) is 12.8 Å². The molecule has 0 saturated carbocycles. The number of ether oxygens (including phenoxy) is 1. The highest BCUT2D eigenvalue weighted by Crippen LogP contribution is 2.16. The van der Waals surface area contributed by atoms with Crippen LogP contribution in [0, 0.1) is 0 Å². The summed E-state index contributed by atoms with van der Waals surface area (Å²) in [6.45, 7) is 3.88. The van der Waals surface area contributed by atoms with Crippen molar-refractivity contribution < 1.29 is 9.53 Å². The zero-order chi connectivity index (χ0) is 15.2. The lowest BCUT2D eigenvalue weighted by atomic mass is 10.2. The number of amides is 1. The first kappa shape index (κ1) is 14.9. The van der Waals surface area contributed by atoms with Crippen LogP contribution in [0.15, 0.2) is 55.1 Å². The van der Waals surface area contributed by atoms with Gasteiger partial charge in [0.1, 0.15) is 5.75 Å². The van der Waals surface area contributed by atoms with Gasteiger partial charge in [0.2, 0.25) is 0 Å². The second-order valence-corrected chi connectivity index (χ2v) is 4.73. The first-order valence-electron chi connectivity index (χ1n) is 6.25. The average Bonchev–Trinajstić information content (AvgIpc) is 2.53. The van der Waals surface area contributed by atoms with Gasteiger partial charge in [-0.3, -0.25) is 15.6 Å². The summed E-state index contributed by atoms with van der Waals surface area (Å²) in [5.41, 5.74) is 7.26. The van der Waals surface area contributed by atoms with Gasteiger partial charge in [0.25, 0.3) is 5.91 Å². The number of hydrogen-bond donors (Lipinski definition) is 2. The fraction of sp³-hybridized carbons (Fsp3) is 0.0625. The molecule has 0 radical (unpaired) electrons. The van der Waals surface area contributed by atoms with Crippen LogP contribution in [0.3, 0.4) is 0 Å². The van der Waals surface area contributed by atoms with Gasteiger partial charge >= 0.3 is 0 Å². The number of methoxy groups -OCH3 is 1. The largest absolute Gasteiger partial charge is 0.497 e. The van der Waals surface area contributed by atoms with Crippen LogP contribution >= 0.6 is 11.6 Å². The summed E-state index contributed by atoms with van der Waals surface area (Å²) in [7, 11) is 1.59. The van der Waals surface area contributed by atoms with Crippen LogP contribution in [0.1, 0.15) is 15.9 Å². The minimum absolute atomic E-state index is 0.268. The van der Waals surface area contributed by atoms with Crippen molar-refractivity contribution in [3.8, 4) is 5.75 Å². The molecular weight excluding hydrogens is 288 g/mol. The Balaban J connectivity index is 1.97. The Morgan fingerprint density at radius 2 is 1.81 bits per heavy atom. The van der Waals surface area contributed by atoms with E-state index in [4.69, 9.17) is 16.3 Å². The van der Waals surface area contributed by atoms with Gasteiger partial charge in [-0.05, 0) is 36.4 Å². The van der Waals surface area contributed by atoms with E-state index in [0.29, 0.717) is 16.3 Å². The maximum Gasteiger partial charge on any atom is 0.269 e. The third-order valence-electron chi connectivity index (χ3n) is 2.85. The number of halogens is 1. The molecule has 0 unspecified atom stereocenters. The van der Waals surface area contributed by atoms with Crippen molar-refractivity contribution in [3.63, 3.8) is 0 Å². The smallest absolute Gasteiger partial charge is 0.269 e. The molecule has 0 saturated heterocycles. The van der Waals surface area contributed by atoms with Crippen LogP contribution in [0.25, 0.3) is 5.70 Å². The summed E-state index contributed by atoms with van der Waals surface area (Å²) < 4.78 is 5.14. The summed E-state index contributed by atoms with van der Waals surface area (Å²) in [6, 6.07) is 14.0. The van der Waals surface area contributed by atoms with Crippen LogP contribution in [-0.2, 0) is 0 Å². The van der Waals surface area contributed by atoms with Gasteiger partial charge in [-0.1, -0.05) is 30.3 Å². The Morgan fingerprint density at radius 3 is 2.48 bits per heavy atom. The van der Waals surface area contributed by atoms with E-state index in [-0.39, 0.29) is 5.91 Å². The molecule has 5 heteroatoms. The molecule has 1 amide bonds. The van der Waals surface area contributed by atoms with Crippen LogP contribution in [0.2, 0.25) is 5.02 Å². The zero-order valence-corrected chi connectivity index (χ0v) is 12.3. The molecular formula is C16H15ClN2O2. The SMILES string of the molecule is C=C(NNC(=O)c1ccc(Cl)cc1)c1cccc(OC)c1. The van der Waals surface area contributed by atoms with Crippen molar-refractivity contribution in [1.29, 1.82) is 0 Å². The van der Waals surface area contributed by atoms with Crippen molar-refractivity contribution in [1.82, 2.24) is 10.9 Å². The van der Waals surface area contributed by atoms with Crippen LogP contribution in [0.5, 0.6) is 5.75 Å². The Kier molecular flexibility index (Phi) is 4.85. The van der Waals surface area contributed by atoms with E-state index < -0.39 is 0 Å². The van der Waals surface area contributed by atoms with Crippen LogP contribution in [-0.4, -0.2) is 13.0 Å². The number of hydrogen-bond acceptors (Lipinski definition) is 3. The maximum atomic E-state index is 11.9. The van der Waals surface area contributed by atoms with E-state index in [1.165, 1.54) is 0 Å². The molecule has 2 N–H and O–H groups in total. The third kappa shape index (κ3) is 4.00. The van der Waals surface area contributed by atoms with Crippen LogP contribution in [0.4, 0.5) is 0 Å². The van der Waals surface area contributed by atoms with E-state index in [9.17, 15) is 4.79 Å². The van der Waals surface area contributed by atoms with Gasteiger partial charge in [-0.15, -0.1) is 0 Å². The highest BCUT2D eigenvalue weighted by molar-refractivity contribution is 6.30. The minimum Gasteiger partial charge on any atom is -0.497 e. The number of carbonyl (C=O) groups excluding carboxylic acids is 1. The van der Waals surface area contributed by atoms with E-state index in [0.717, 1.165) is 11.3 Å². The predicted octanol–water partition coefficient (Wildman–Crippen LogP) is 3.25. The van der Waals surface area contributed by atoms with E-state index in [2.05, 4.69) is 17.4 Å². The molecule has 108 valence electrons. The molecule has 21 heavy (non-hydrogen) atoms. The number of hydrazine groups is 1. The van der Waals surface area contributed by atoms with Crippen molar-refractivity contribution in [2.45, 2.75) is 0 Å². The Labute approximate surface area is 128 Å². The van der Waals surface area contributed by atoms with Gasteiger partial charge in [-0.25, -0.2) is 0 Å². The first-order valence-corrected chi connectivity index (χ1v) is 6.63. The van der Waals surface area contributed by atoms with Crippen molar-refractivity contribution in [2.75, 3.05) is 7.11 Å². The predicted molar refractivity (Wildman–Crippen MR) is 84.1 cm³/mol. The summed E-state index contributed by atoms with van der Waals surface area (Å²) in [6.07, 6.45) is 0.